The van der Waals surface area contributed by atoms with Gasteiger partial charge in [0.2, 0.25) is 0 Å². The average Bonchev–Trinajstić information content (AvgIpc) is 2.50. The summed E-state index contributed by atoms with van der Waals surface area (Å²) in [7, 11) is -6.18. The first-order chi connectivity index (χ1) is 10.9. The Balaban J connectivity index is 6.23. The largest absolute Gasteiger partial charge is 0.363 e. The van der Waals surface area contributed by atoms with Crippen LogP contribution in [0.2, 0.25) is 0 Å². The predicted octanol–water partition coefficient (Wildman–Crippen LogP) is 4.83. The highest BCUT2D eigenvalue weighted by Gasteiger charge is 2.39. The molecule has 0 saturated carbocycles. The Morgan fingerprint density at radius 2 is 1.00 bits per heavy atom. The minimum atomic E-state index is -3.18. The lowest BCUT2D eigenvalue weighted by Gasteiger charge is -2.36. The number of hydrogen-bond donors (Lipinski definition) is 0. The zero-order valence-electron chi connectivity index (χ0n) is 15.8. The van der Waals surface area contributed by atoms with E-state index in [9.17, 15) is 4.57 Å². The van der Waals surface area contributed by atoms with Crippen molar-refractivity contribution in [2.24, 2.45) is 4.52 Å². The molecule has 140 valence electrons. The molecule has 0 aromatic rings. The standard InChI is InChI=1S/C14H35N3O4P2/c1-8-16(9-2)22(18,17(10-3)11-4)15-23(19-12-5,20-13-6)21-14-7/h8-14H2,1-7H3. The fourth-order valence-electron chi connectivity index (χ4n) is 2.30. The molecule has 7 nitrogen and oxygen atoms in total. The zero-order chi connectivity index (χ0) is 17.9. The third-order valence-electron chi connectivity index (χ3n) is 3.30. The van der Waals surface area contributed by atoms with E-state index in [0.29, 0.717) is 46.0 Å². The highest BCUT2D eigenvalue weighted by Crippen LogP contribution is 2.66. The van der Waals surface area contributed by atoms with Gasteiger partial charge in [-0.1, -0.05) is 27.7 Å². The van der Waals surface area contributed by atoms with Crippen LogP contribution in [0.15, 0.2) is 4.52 Å². The van der Waals surface area contributed by atoms with Crippen molar-refractivity contribution in [3.05, 3.63) is 0 Å². The van der Waals surface area contributed by atoms with Gasteiger partial charge in [-0.15, -0.1) is 4.52 Å². The summed E-state index contributed by atoms with van der Waals surface area (Å²) in [5.41, 5.74) is 0. The van der Waals surface area contributed by atoms with E-state index >= 15 is 0 Å². The molecule has 0 unspecified atom stereocenters. The van der Waals surface area contributed by atoms with Gasteiger partial charge in [-0.05, 0) is 20.8 Å². The van der Waals surface area contributed by atoms with E-state index in [1.165, 1.54) is 0 Å². The first-order valence-corrected chi connectivity index (χ1v) is 11.7. The fourth-order valence-corrected chi connectivity index (χ4v) is 8.00. The Hall–Kier alpha value is 0.260. The van der Waals surface area contributed by atoms with E-state index in [1.54, 1.807) is 0 Å². The molecule has 0 atom stereocenters. The van der Waals surface area contributed by atoms with Gasteiger partial charge < -0.3 is 13.6 Å². The molecule has 0 heterocycles. The summed E-state index contributed by atoms with van der Waals surface area (Å²) in [6.45, 7) is 17.3. The van der Waals surface area contributed by atoms with Gasteiger partial charge in [0.1, 0.15) is 0 Å². The van der Waals surface area contributed by atoms with Gasteiger partial charge in [-0.3, -0.25) is 4.57 Å². The maximum absolute atomic E-state index is 13.9. The second-order valence-electron chi connectivity index (χ2n) is 4.60. The van der Waals surface area contributed by atoms with Crippen LogP contribution in [0.1, 0.15) is 48.5 Å². The smallest absolute Gasteiger partial charge is 0.303 e. The second-order valence-corrected chi connectivity index (χ2v) is 9.19. The van der Waals surface area contributed by atoms with E-state index in [-0.39, 0.29) is 0 Å². The van der Waals surface area contributed by atoms with Crippen LogP contribution in [-0.2, 0) is 18.1 Å². The van der Waals surface area contributed by atoms with Crippen molar-refractivity contribution in [1.82, 2.24) is 9.34 Å². The number of nitrogens with zero attached hydrogens (tertiary/aromatic N) is 3. The summed E-state index contributed by atoms with van der Waals surface area (Å²) in [4.78, 5) is 0. The molecule has 0 fully saturated rings. The number of rotatable bonds is 13. The second kappa shape index (κ2) is 11.8. The minimum Gasteiger partial charge on any atom is -0.303 e. The number of hydrogen-bond acceptors (Lipinski definition) is 4. The minimum absolute atomic E-state index is 0.397. The summed E-state index contributed by atoms with van der Waals surface area (Å²) in [6, 6.07) is 0. The molecule has 0 aliphatic rings. The van der Waals surface area contributed by atoms with Crippen molar-refractivity contribution < 1.29 is 18.1 Å². The molecule has 0 saturated heterocycles. The molecule has 9 heteroatoms. The van der Waals surface area contributed by atoms with Gasteiger partial charge in [-0.25, -0.2) is 9.34 Å². The Labute approximate surface area is 142 Å². The SMILES string of the molecule is CCOP(=NP(=O)(N(CC)CC)N(CC)CC)(OCC)OCC. The Kier molecular flexibility index (Phi) is 11.9. The molecule has 0 amide bonds. The molecule has 0 bridgehead atoms. The molecule has 0 rings (SSSR count). The topological polar surface area (TPSA) is 63.6 Å². The Bertz CT molecular complexity index is 373. The molecule has 0 N–H and O–H groups in total. The molecule has 0 spiro atoms. The molecular weight excluding hydrogens is 336 g/mol. The lowest BCUT2D eigenvalue weighted by atomic mass is 10.7. The van der Waals surface area contributed by atoms with E-state index in [4.69, 9.17) is 13.6 Å². The van der Waals surface area contributed by atoms with Crippen LogP contribution in [0.4, 0.5) is 0 Å². The molecule has 0 aromatic heterocycles. The van der Waals surface area contributed by atoms with Gasteiger partial charge in [-0.2, -0.15) is 0 Å². The lowest BCUT2D eigenvalue weighted by Crippen LogP contribution is -2.31. The third kappa shape index (κ3) is 6.24. The normalized spacial score (nSPS) is 13.1. The van der Waals surface area contributed by atoms with Crippen LogP contribution in [0.3, 0.4) is 0 Å². The Morgan fingerprint density at radius 3 is 1.22 bits per heavy atom. The van der Waals surface area contributed by atoms with Crippen molar-refractivity contribution in [2.45, 2.75) is 48.5 Å². The van der Waals surface area contributed by atoms with Gasteiger partial charge >= 0.3 is 15.3 Å². The van der Waals surface area contributed by atoms with Crippen molar-refractivity contribution in [2.75, 3.05) is 46.0 Å². The molecule has 0 radical (unpaired) electrons. The third-order valence-corrected chi connectivity index (χ3v) is 9.47. The fraction of sp³-hybridized carbons (Fsp3) is 1.00. The monoisotopic (exact) mass is 371 g/mol. The highest BCUT2D eigenvalue weighted by molar-refractivity contribution is 7.66. The van der Waals surface area contributed by atoms with Crippen molar-refractivity contribution in [3.8, 4) is 0 Å². The summed E-state index contributed by atoms with van der Waals surface area (Å²) in [5, 5.41) is 0. The highest BCUT2D eigenvalue weighted by atomic mass is 31.2. The Morgan fingerprint density at radius 1 is 0.696 bits per heavy atom. The summed E-state index contributed by atoms with van der Waals surface area (Å²) < 4.78 is 39.5. The van der Waals surface area contributed by atoms with E-state index in [0.717, 1.165) is 0 Å². The molecule has 0 aromatic carbocycles. The van der Waals surface area contributed by atoms with Crippen LogP contribution in [0.5, 0.6) is 0 Å². The molecule has 23 heavy (non-hydrogen) atoms. The van der Waals surface area contributed by atoms with E-state index in [2.05, 4.69) is 4.52 Å². The predicted molar refractivity (Wildman–Crippen MR) is 97.7 cm³/mol. The summed E-state index contributed by atoms with van der Waals surface area (Å²) in [5.74, 6) is 0. The maximum Gasteiger partial charge on any atom is 0.363 e. The van der Waals surface area contributed by atoms with Crippen molar-refractivity contribution in [1.29, 1.82) is 0 Å². The molecular formula is C14H35N3O4P2. The van der Waals surface area contributed by atoms with Gasteiger partial charge in [0.25, 0.3) is 0 Å². The van der Waals surface area contributed by atoms with Crippen LogP contribution in [-0.4, -0.2) is 55.3 Å². The van der Waals surface area contributed by atoms with Crippen molar-refractivity contribution >= 4 is 15.3 Å². The molecule has 0 aliphatic carbocycles. The average molecular weight is 371 g/mol. The summed E-state index contributed by atoms with van der Waals surface area (Å²) >= 11 is 0. The zero-order valence-corrected chi connectivity index (χ0v) is 17.6. The van der Waals surface area contributed by atoms with Crippen molar-refractivity contribution in [3.63, 3.8) is 0 Å². The van der Waals surface area contributed by atoms with Gasteiger partial charge in [0.15, 0.2) is 0 Å². The first-order valence-electron chi connectivity index (χ1n) is 8.61. The van der Waals surface area contributed by atoms with E-state index in [1.807, 2.05) is 57.8 Å². The molecule has 0 aliphatic heterocycles. The first kappa shape index (κ1) is 23.3. The maximum atomic E-state index is 13.9. The van der Waals surface area contributed by atoms with Crippen LogP contribution < -0.4 is 0 Å². The summed E-state index contributed by atoms with van der Waals surface area (Å²) in [6.07, 6.45) is 0. The van der Waals surface area contributed by atoms with Gasteiger partial charge in [0.05, 0.1) is 19.8 Å². The van der Waals surface area contributed by atoms with Crippen LogP contribution >= 0.6 is 15.3 Å². The quantitative estimate of drug-likeness (QED) is 0.432. The van der Waals surface area contributed by atoms with E-state index < -0.39 is 15.3 Å². The van der Waals surface area contributed by atoms with Crippen LogP contribution in [0.25, 0.3) is 0 Å². The van der Waals surface area contributed by atoms with Crippen LogP contribution in [0, 0.1) is 0 Å². The lowest BCUT2D eigenvalue weighted by molar-refractivity contribution is 0.163. The van der Waals surface area contributed by atoms with Gasteiger partial charge in [0, 0.05) is 26.2 Å².